The second-order valence-electron chi connectivity index (χ2n) is 7.99. The van der Waals surface area contributed by atoms with Crippen LogP contribution in [0, 0.1) is 5.82 Å². The van der Waals surface area contributed by atoms with Crippen LogP contribution in [0.5, 0.6) is 0 Å². The fourth-order valence-corrected chi connectivity index (χ4v) is 4.08. The van der Waals surface area contributed by atoms with Gasteiger partial charge in [-0.2, -0.15) is 0 Å². The average Bonchev–Trinajstić information content (AvgIpc) is 3.39. The van der Waals surface area contributed by atoms with Crippen molar-refractivity contribution in [3.63, 3.8) is 0 Å². The van der Waals surface area contributed by atoms with Gasteiger partial charge in [0.05, 0.1) is 30.0 Å². The third kappa shape index (κ3) is 3.60. The van der Waals surface area contributed by atoms with Crippen LogP contribution in [0.25, 0.3) is 5.69 Å². The number of imidazole rings is 1. The van der Waals surface area contributed by atoms with Gasteiger partial charge < -0.3 is 4.90 Å². The molecule has 0 radical (unpaired) electrons. The number of imide groups is 1. The van der Waals surface area contributed by atoms with Gasteiger partial charge in [-0.3, -0.25) is 44.3 Å². The smallest absolute Gasteiger partial charge is 0.328 e. The number of hydrazine groups is 1. The topological polar surface area (TPSA) is 134 Å². The SMILES string of the molecule is CN1Cc2c(C(=O)NNC(=O)C(=O)N3Cc4ccccc4C3=O)ncn2-c2ccc(F)cc2C1=O. The number of fused-ring (bicyclic) bond motifs is 4. The minimum absolute atomic E-state index is 0.0225. The van der Waals surface area contributed by atoms with Crippen molar-refractivity contribution in [3.8, 4) is 5.69 Å². The predicted molar refractivity (Wildman–Crippen MR) is 116 cm³/mol. The van der Waals surface area contributed by atoms with E-state index in [9.17, 15) is 28.4 Å². The number of nitrogens with one attached hydrogen (secondary N) is 2. The number of amides is 5. The minimum Gasteiger partial charge on any atom is -0.336 e. The fourth-order valence-electron chi connectivity index (χ4n) is 4.08. The molecule has 0 saturated carbocycles. The number of carbonyl (C=O) groups excluding carboxylic acids is 5. The zero-order valence-corrected chi connectivity index (χ0v) is 18.2. The van der Waals surface area contributed by atoms with Gasteiger partial charge in [-0.05, 0) is 29.8 Å². The van der Waals surface area contributed by atoms with Crippen LogP contribution in [-0.2, 0) is 22.7 Å². The summed E-state index contributed by atoms with van der Waals surface area (Å²) in [6.45, 7) is -0.0740. The molecule has 2 N–H and O–H groups in total. The molecule has 0 atom stereocenters. The molecule has 2 aliphatic rings. The first-order valence-electron chi connectivity index (χ1n) is 10.4. The Morgan fingerprint density at radius 2 is 1.74 bits per heavy atom. The van der Waals surface area contributed by atoms with Gasteiger partial charge in [0.1, 0.15) is 12.1 Å². The standard InChI is InChI=1S/C23H17FN6O5/c1-28-10-17-18(25-11-30(17)16-7-6-13(24)8-15(16)21(28)33)19(31)26-27-20(32)23(35)29-9-12-4-2-3-5-14(12)22(29)34/h2-8,11H,9-10H2,1H3,(H,26,31)(H,27,32). The van der Waals surface area contributed by atoms with Crippen molar-refractivity contribution in [3.05, 3.63) is 82.7 Å². The van der Waals surface area contributed by atoms with E-state index in [0.717, 1.165) is 11.0 Å². The Hall–Kier alpha value is -4.87. The molecule has 0 saturated heterocycles. The van der Waals surface area contributed by atoms with Crippen molar-refractivity contribution in [2.24, 2.45) is 0 Å². The largest absolute Gasteiger partial charge is 0.336 e. The lowest BCUT2D eigenvalue weighted by molar-refractivity contribution is -0.144. The number of hydrogen-bond acceptors (Lipinski definition) is 6. The normalized spacial score (nSPS) is 14.1. The summed E-state index contributed by atoms with van der Waals surface area (Å²) in [4.78, 5) is 68.9. The van der Waals surface area contributed by atoms with E-state index < -0.39 is 35.4 Å². The summed E-state index contributed by atoms with van der Waals surface area (Å²) in [6, 6.07) is 10.3. The highest BCUT2D eigenvalue weighted by Crippen LogP contribution is 2.26. The Bertz CT molecular complexity index is 1450. The van der Waals surface area contributed by atoms with Gasteiger partial charge in [0.2, 0.25) is 0 Å². The van der Waals surface area contributed by atoms with Gasteiger partial charge in [0, 0.05) is 12.6 Å². The van der Waals surface area contributed by atoms with Gasteiger partial charge in [0.25, 0.3) is 17.7 Å². The van der Waals surface area contributed by atoms with Crippen LogP contribution < -0.4 is 10.9 Å². The Labute approximate surface area is 197 Å². The van der Waals surface area contributed by atoms with Crippen LogP contribution in [0.3, 0.4) is 0 Å². The summed E-state index contributed by atoms with van der Waals surface area (Å²) in [7, 11) is 1.49. The molecule has 2 aromatic carbocycles. The van der Waals surface area contributed by atoms with E-state index in [1.807, 2.05) is 5.43 Å². The first-order chi connectivity index (χ1) is 16.8. The maximum atomic E-state index is 13.7. The number of carbonyl (C=O) groups is 5. The molecule has 2 aliphatic heterocycles. The number of rotatable bonds is 1. The molecule has 0 fully saturated rings. The molecule has 3 heterocycles. The lowest BCUT2D eigenvalue weighted by atomic mass is 10.1. The molecule has 0 bridgehead atoms. The number of hydrogen-bond donors (Lipinski definition) is 2. The van der Waals surface area contributed by atoms with Gasteiger partial charge in [0.15, 0.2) is 5.69 Å². The highest BCUT2D eigenvalue weighted by atomic mass is 19.1. The van der Waals surface area contributed by atoms with Gasteiger partial charge in [-0.25, -0.2) is 9.37 Å². The van der Waals surface area contributed by atoms with E-state index in [-0.39, 0.29) is 24.3 Å². The molecule has 12 heteroatoms. The van der Waals surface area contributed by atoms with Crippen molar-refractivity contribution < 1.29 is 28.4 Å². The summed E-state index contributed by atoms with van der Waals surface area (Å²) in [6.07, 6.45) is 1.31. The molecule has 1 aromatic heterocycles. The molecular formula is C23H17FN6O5. The van der Waals surface area contributed by atoms with Crippen molar-refractivity contribution >= 4 is 29.5 Å². The van der Waals surface area contributed by atoms with E-state index in [0.29, 0.717) is 22.5 Å². The van der Waals surface area contributed by atoms with Crippen molar-refractivity contribution in [1.29, 1.82) is 0 Å². The lowest BCUT2D eigenvalue weighted by Gasteiger charge is -2.15. The summed E-state index contributed by atoms with van der Waals surface area (Å²) in [5, 5.41) is 0. The number of halogens is 1. The average molecular weight is 476 g/mol. The Morgan fingerprint density at radius 3 is 2.51 bits per heavy atom. The quantitative estimate of drug-likeness (QED) is 0.389. The zero-order chi connectivity index (χ0) is 24.9. The van der Waals surface area contributed by atoms with E-state index in [1.54, 1.807) is 24.3 Å². The summed E-state index contributed by atoms with van der Waals surface area (Å²) in [5.41, 5.74) is 5.71. The molecule has 0 unspecified atom stereocenters. The summed E-state index contributed by atoms with van der Waals surface area (Å²) < 4.78 is 15.2. The van der Waals surface area contributed by atoms with Crippen molar-refractivity contribution in [2.75, 3.05) is 7.05 Å². The predicted octanol–water partition coefficient (Wildman–Crippen LogP) is 0.541. The Kier molecular flexibility index (Phi) is 5.12. The van der Waals surface area contributed by atoms with E-state index >= 15 is 0 Å². The molecule has 0 aliphatic carbocycles. The summed E-state index contributed by atoms with van der Waals surface area (Å²) in [5.74, 6) is -4.81. The highest BCUT2D eigenvalue weighted by molar-refractivity contribution is 6.39. The monoisotopic (exact) mass is 476 g/mol. The van der Waals surface area contributed by atoms with Crippen LogP contribution in [0.2, 0.25) is 0 Å². The van der Waals surface area contributed by atoms with E-state index in [4.69, 9.17) is 0 Å². The van der Waals surface area contributed by atoms with Gasteiger partial charge in [-0.15, -0.1) is 0 Å². The fraction of sp³-hybridized carbons (Fsp3) is 0.130. The van der Waals surface area contributed by atoms with Crippen LogP contribution in [0.15, 0.2) is 48.8 Å². The molecule has 5 amide bonds. The van der Waals surface area contributed by atoms with Gasteiger partial charge >= 0.3 is 11.8 Å². The van der Waals surface area contributed by atoms with Crippen LogP contribution >= 0.6 is 0 Å². The second-order valence-corrected chi connectivity index (χ2v) is 7.99. The first kappa shape index (κ1) is 21.9. The molecule has 3 aromatic rings. The molecule has 35 heavy (non-hydrogen) atoms. The second kappa shape index (κ2) is 8.17. The minimum atomic E-state index is -1.21. The maximum absolute atomic E-state index is 13.7. The van der Waals surface area contributed by atoms with Crippen molar-refractivity contribution in [1.82, 2.24) is 30.2 Å². The molecule has 5 rings (SSSR count). The third-order valence-electron chi connectivity index (χ3n) is 5.81. The lowest BCUT2D eigenvalue weighted by Crippen LogP contribution is -2.50. The summed E-state index contributed by atoms with van der Waals surface area (Å²) >= 11 is 0. The number of benzene rings is 2. The highest BCUT2D eigenvalue weighted by Gasteiger charge is 2.35. The third-order valence-corrected chi connectivity index (χ3v) is 5.81. The van der Waals surface area contributed by atoms with E-state index in [1.165, 1.54) is 35.0 Å². The Balaban J connectivity index is 1.32. The van der Waals surface area contributed by atoms with Crippen LogP contribution in [-0.4, -0.2) is 55.9 Å². The Morgan fingerprint density at radius 1 is 0.971 bits per heavy atom. The maximum Gasteiger partial charge on any atom is 0.328 e. The number of nitrogens with zero attached hydrogens (tertiary/aromatic N) is 4. The first-order valence-corrected chi connectivity index (χ1v) is 10.4. The molecule has 0 spiro atoms. The van der Waals surface area contributed by atoms with Crippen molar-refractivity contribution in [2.45, 2.75) is 13.1 Å². The van der Waals surface area contributed by atoms with Crippen LogP contribution in [0.4, 0.5) is 4.39 Å². The number of aromatic nitrogens is 2. The molecule has 11 nitrogen and oxygen atoms in total. The molecule has 176 valence electrons. The van der Waals surface area contributed by atoms with E-state index in [2.05, 4.69) is 10.4 Å². The molecular weight excluding hydrogens is 459 g/mol. The van der Waals surface area contributed by atoms with Gasteiger partial charge in [-0.1, -0.05) is 18.2 Å². The zero-order valence-electron chi connectivity index (χ0n) is 18.2. The van der Waals surface area contributed by atoms with Crippen LogP contribution in [0.1, 0.15) is 42.5 Å².